The van der Waals surface area contributed by atoms with Crippen LogP contribution in [0.15, 0.2) is 18.2 Å². The zero-order valence-electron chi connectivity index (χ0n) is 13.4. The van der Waals surface area contributed by atoms with E-state index >= 15 is 0 Å². The van der Waals surface area contributed by atoms with E-state index < -0.39 is 5.82 Å². The summed E-state index contributed by atoms with van der Waals surface area (Å²) in [6, 6.07) is 4.31. The molecule has 126 valence electrons. The van der Waals surface area contributed by atoms with Crippen LogP contribution in [-0.4, -0.2) is 27.4 Å². The predicted molar refractivity (Wildman–Crippen MR) is 87.8 cm³/mol. The normalized spacial score (nSPS) is 18.5. The van der Waals surface area contributed by atoms with Gasteiger partial charge in [-0.05, 0) is 62.1 Å². The first-order valence-corrected chi connectivity index (χ1v) is 8.54. The molecule has 0 spiro atoms. The van der Waals surface area contributed by atoms with Gasteiger partial charge in [-0.2, -0.15) is 0 Å². The molecule has 2 saturated carbocycles. The van der Waals surface area contributed by atoms with Gasteiger partial charge in [0.2, 0.25) is 0 Å². The summed E-state index contributed by atoms with van der Waals surface area (Å²) in [6.45, 7) is 2.40. The van der Waals surface area contributed by atoms with Gasteiger partial charge in [0.05, 0.1) is 5.69 Å². The number of carbonyl (C=O) groups excluding carboxylic acids is 1. The summed E-state index contributed by atoms with van der Waals surface area (Å²) < 4.78 is 15.4. The second-order valence-electron chi connectivity index (χ2n) is 6.85. The molecule has 1 amide bonds. The molecule has 1 aromatic heterocycles. The number of rotatable bonds is 5. The lowest BCUT2D eigenvalue weighted by Gasteiger charge is -2.14. The quantitative estimate of drug-likeness (QED) is 0.902. The van der Waals surface area contributed by atoms with E-state index in [0.717, 1.165) is 5.92 Å². The molecule has 0 unspecified atom stereocenters. The van der Waals surface area contributed by atoms with E-state index in [1.54, 1.807) is 13.0 Å². The molecule has 2 aromatic rings. The molecule has 5 nitrogen and oxygen atoms in total. The van der Waals surface area contributed by atoms with E-state index in [2.05, 4.69) is 15.6 Å². The first-order chi connectivity index (χ1) is 11.5. The van der Waals surface area contributed by atoms with Crippen molar-refractivity contribution in [1.82, 2.24) is 20.3 Å². The van der Waals surface area contributed by atoms with E-state index in [1.165, 1.54) is 42.5 Å². The minimum absolute atomic E-state index is 0.222. The lowest BCUT2D eigenvalue weighted by molar-refractivity contribution is 0.0937. The van der Waals surface area contributed by atoms with Crippen LogP contribution in [0, 0.1) is 24.1 Å². The van der Waals surface area contributed by atoms with Crippen LogP contribution in [0.3, 0.4) is 0 Å². The number of benzene rings is 1. The molecule has 0 aliphatic heterocycles. The van der Waals surface area contributed by atoms with Crippen molar-refractivity contribution < 1.29 is 9.18 Å². The molecule has 2 aliphatic rings. The second kappa shape index (κ2) is 5.55. The summed E-state index contributed by atoms with van der Waals surface area (Å²) in [7, 11) is 0. The number of hydrogen-bond acceptors (Lipinski definition) is 3. The SMILES string of the molecule is Cc1c(C(=O)NCC2(C3CC3)CC2)nnn1-c1ccc(Cl)cc1F. The highest BCUT2D eigenvalue weighted by atomic mass is 35.5. The van der Waals surface area contributed by atoms with Crippen LogP contribution >= 0.6 is 11.6 Å². The van der Waals surface area contributed by atoms with Gasteiger partial charge in [0.1, 0.15) is 11.5 Å². The van der Waals surface area contributed by atoms with Crippen molar-refractivity contribution in [2.24, 2.45) is 11.3 Å². The predicted octanol–water partition coefficient (Wildman–Crippen LogP) is 3.29. The maximum Gasteiger partial charge on any atom is 0.273 e. The molecule has 24 heavy (non-hydrogen) atoms. The van der Waals surface area contributed by atoms with Gasteiger partial charge in [-0.15, -0.1) is 5.10 Å². The first kappa shape index (κ1) is 15.6. The smallest absolute Gasteiger partial charge is 0.273 e. The van der Waals surface area contributed by atoms with E-state index in [9.17, 15) is 9.18 Å². The molecule has 0 radical (unpaired) electrons. The van der Waals surface area contributed by atoms with Crippen LogP contribution in [0.1, 0.15) is 41.9 Å². The fourth-order valence-electron chi connectivity index (χ4n) is 3.35. The number of amides is 1. The molecular weight excluding hydrogens is 331 g/mol. The van der Waals surface area contributed by atoms with Gasteiger partial charge in [-0.3, -0.25) is 4.79 Å². The Morgan fingerprint density at radius 3 is 2.83 bits per heavy atom. The van der Waals surface area contributed by atoms with Crippen molar-refractivity contribution in [3.63, 3.8) is 0 Å². The molecular formula is C17H18ClFN4O. The standard InChI is InChI=1S/C17H18ClFN4O/c1-10-15(16(24)20-9-17(6-7-17)11-2-3-11)21-22-23(10)14-5-4-12(18)8-13(14)19/h4-5,8,11H,2-3,6-7,9H2,1H3,(H,20,24). The topological polar surface area (TPSA) is 59.8 Å². The number of nitrogens with one attached hydrogen (secondary N) is 1. The fraction of sp³-hybridized carbons (Fsp3) is 0.471. The van der Waals surface area contributed by atoms with Crippen LogP contribution < -0.4 is 5.32 Å². The average molecular weight is 349 g/mol. The fourth-order valence-corrected chi connectivity index (χ4v) is 3.51. The highest BCUT2D eigenvalue weighted by Crippen LogP contribution is 2.60. The third kappa shape index (κ3) is 2.69. The molecule has 1 N–H and O–H groups in total. The third-order valence-corrected chi connectivity index (χ3v) is 5.42. The van der Waals surface area contributed by atoms with Crippen molar-refractivity contribution in [2.45, 2.75) is 32.6 Å². The zero-order valence-corrected chi connectivity index (χ0v) is 14.1. The van der Waals surface area contributed by atoms with Gasteiger partial charge in [0, 0.05) is 11.6 Å². The van der Waals surface area contributed by atoms with Gasteiger partial charge in [0.15, 0.2) is 5.69 Å². The van der Waals surface area contributed by atoms with Crippen molar-refractivity contribution in [2.75, 3.05) is 6.54 Å². The number of nitrogens with zero attached hydrogens (tertiary/aromatic N) is 3. The molecule has 1 aromatic carbocycles. The summed E-state index contributed by atoms with van der Waals surface area (Å²) in [6.07, 6.45) is 4.95. The summed E-state index contributed by atoms with van der Waals surface area (Å²) in [5, 5.41) is 11.2. The first-order valence-electron chi connectivity index (χ1n) is 8.16. The van der Waals surface area contributed by atoms with Crippen LogP contribution in [0.2, 0.25) is 5.02 Å². The largest absolute Gasteiger partial charge is 0.350 e. The average Bonchev–Trinajstić information content (AvgIpc) is 3.43. The Kier molecular flexibility index (Phi) is 3.60. The maximum atomic E-state index is 14.1. The Labute approximate surface area is 144 Å². The van der Waals surface area contributed by atoms with E-state index in [-0.39, 0.29) is 17.3 Å². The highest BCUT2D eigenvalue weighted by Gasteiger charge is 2.53. The summed E-state index contributed by atoms with van der Waals surface area (Å²) in [4.78, 5) is 12.4. The molecule has 0 atom stereocenters. The van der Waals surface area contributed by atoms with Gasteiger partial charge in [0.25, 0.3) is 5.91 Å². The minimum atomic E-state index is -0.506. The van der Waals surface area contributed by atoms with Gasteiger partial charge < -0.3 is 5.32 Å². The molecule has 0 bridgehead atoms. The Morgan fingerprint density at radius 1 is 1.46 bits per heavy atom. The third-order valence-electron chi connectivity index (χ3n) is 5.18. The molecule has 7 heteroatoms. The maximum absolute atomic E-state index is 14.1. The van der Waals surface area contributed by atoms with Gasteiger partial charge in [-0.25, -0.2) is 9.07 Å². The summed E-state index contributed by atoms with van der Waals surface area (Å²) in [5.74, 6) is 0.0194. The summed E-state index contributed by atoms with van der Waals surface area (Å²) >= 11 is 5.77. The molecule has 4 rings (SSSR count). The number of carbonyl (C=O) groups is 1. The van der Waals surface area contributed by atoms with Crippen molar-refractivity contribution in [1.29, 1.82) is 0 Å². The summed E-state index contributed by atoms with van der Waals surface area (Å²) in [5.41, 5.74) is 1.28. The minimum Gasteiger partial charge on any atom is -0.350 e. The van der Waals surface area contributed by atoms with Crippen LogP contribution in [0.25, 0.3) is 5.69 Å². The number of hydrogen-bond donors (Lipinski definition) is 1. The Morgan fingerprint density at radius 2 is 2.21 bits per heavy atom. The molecule has 1 heterocycles. The van der Waals surface area contributed by atoms with Gasteiger partial charge in [-0.1, -0.05) is 16.8 Å². The Balaban J connectivity index is 1.52. The highest BCUT2D eigenvalue weighted by molar-refractivity contribution is 6.30. The number of halogens is 2. The van der Waals surface area contributed by atoms with Gasteiger partial charge >= 0.3 is 0 Å². The molecule has 2 fully saturated rings. The second-order valence-corrected chi connectivity index (χ2v) is 7.29. The lowest BCUT2D eigenvalue weighted by atomic mass is 10.0. The number of aromatic nitrogens is 3. The molecule has 2 aliphatic carbocycles. The monoisotopic (exact) mass is 348 g/mol. The van der Waals surface area contributed by atoms with Crippen molar-refractivity contribution in [3.8, 4) is 5.69 Å². The van der Waals surface area contributed by atoms with E-state index in [0.29, 0.717) is 22.7 Å². The van der Waals surface area contributed by atoms with Crippen LogP contribution in [-0.2, 0) is 0 Å². The van der Waals surface area contributed by atoms with E-state index in [1.807, 2.05) is 0 Å². The van der Waals surface area contributed by atoms with E-state index in [4.69, 9.17) is 11.6 Å². The van der Waals surface area contributed by atoms with Crippen molar-refractivity contribution >= 4 is 17.5 Å². The lowest BCUT2D eigenvalue weighted by Crippen LogP contribution is -2.31. The Bertz CT molecular complexity index is 811. The Hall–Kier alpha value is -1.95. The van der Waals surface area contributed by atoms with Crippen molar-refractivity contribution in [3.05, 3.63) is 40.4 Å². The van der Waals surface area contributed by atoms with Crippen LogP contribution in [0.5, 0.6) is 0 Å². The zero-order chi connectivity index (χ0) is 16.9. The van der Waals surface area contributed by atoms with Crippen LogP contribution in [0.4, 0.5) is 4.39 Å². The molecule has 0 saturated heterocycles.